The summed E-state index contributed by atoms with van der Waals surface area (Å²) in [6, 6.07) is 10.1. The highest BCUT2D eigenvalue weighted by Gasteiger charge is 2.67. The van der Waals surface area contributed by atoms with Crippen molar-refractivity contribution >= 4 is 14.1 Å². The van der Waals surface area contributed by atoms with Gasteiger partial charge in [0.15, 0.2) is 8.32 Å². The van der Waals surface area contributed by atoms with Crippen LogP contribution in [0.5, 0.6) is 0 Å². The molecule has 0 aromatic heterocycles. The van der Waals surface area contributed by atoms with Crippen molar-refractivity contribution in [3.05, 3.63) is 35.9 Å². The van der Waals surface area contributed by atoms with Crippen LogP contribution < -0.4 is 0 Å². The summed E-state index contributed by atoms with van der Waals surface area (Å²) in [7, 11) is -1.93. The van der Waals surface area contributed by atoms with Crippen LogP contribution in [0.15, 0.2) is 30.3 Å². The molecule has 5 heteroatoms. The lowest BCUT2D eigenvalue weighted by Crippen LogP contribution is -2.54. The van der Waals surface area contributed by atoms with Gasteiger partial charge in [0.2, 0.25) is 0 Å². The Morgan fingerprint density at radius 2 is 1.86 bits per heavy atom. The first-order valence-electron chi connectivity index (χ1n) is 10.4. The van der Waals surface area contributed by atoms with E-state index in [4.69, 9.17) is 9.16 Å². The van der Waals surface area contributed by atoms with E-state index in [1.165, 1.54) is 0 Å². The predicted octanol–water partition coefficient (Wildman–Crippen LogP) is 4.57. The molecule has 2 bridgehead atoms. The molecule has 2 aliphatic carbocycles. The molecule has 2 fully saturated rings. The lowest BCUT2D eigenvalue weighted by Gasteiger charge is -2.46. The molecule has 2 aliphatic rings. The summed E-state index contributed by atoms with van der Waals surface area (Å²) in [6.07, 6.45) is 0.794. The lowest BCUT2D eigenvalue weighted by atomic mass is 9.65. The van der Waals surface area contributed by atoms with E-state index >= 15 is 0 Å². The molecule has 156 valence electrons. The van der Waals surface area contributed by atoms with Crippen LogP contribution in [0.1, 0.15) is 46.1 Å². The summed E-state index contributed by atoms with van der Waals surface area (Å²) >= 11 is 0. The third kappa shape index (κ3) is 3.74. The zero-order valence-electron chi connectivity index (χ0n) is 18.2. The van der Waals surface area contributed by atoms with Crippen molar-refractivity contribution in [2.75, 3.05) is 13.2 Å². The van der Waals surface area contributed by atoms with E-state index in [-0.39, 0.29) is 29.1 Å². The van der Waals surface area contributed by atoms with Crippen LogP contribution in [0.25, 0.3) is 0 Å². The fraction of sp³-hybridized carbons (Fsp3) is 0.696. The summed E-state index contributed by atoms with van der Waals surface area (Å²) in [4.78, 5) is 12.5. The normalized spacial score (nSPS) is 32.9. The zero-order valence-corrected chi connectivity index (χ0v) is 19.2. The zero-order chi connectivity index (χ0) is 20.8. The van der Waals surface area contributed by atoms with Gasteiger partial charge in [-0.25, -0.2) is 0 Å². The van der Waals surface area contributed by atoms with Gasteiger partial charge in [0.25, 0.3) is 0 Å². The van der Waals surface area contributed by atoms with Crippen LogP contribution in [0.3, 0.4) is 0 Å². The number of rotatable bonds is 7. The molecular weight excluding hydrogens is 368 g/mol. The van der Waals surface area contributed by atoms with E-state index in [1.54, 1.807) is 0 Å². The second kappa shape index (κ2) is 7.35. The van der Waals surface area contributed by atoms with Crippen LogP contribution in [0.4, 0.5) is 0 Å². The molecule has 0 heterocycles. The first kappa shape index (κ1) is 21.7. The van der Waals surface area contributed by atoms with E-state index in [9.17, 15) is 9.90 Å². The highest BCUT2D eigenvalue weighted by molar-refractivity contribution is 6.74. The number of carbonyl (C=O) groups is 1. The average molecular weight is 405 g/mol. The second-order valence-corrected chi connectivity index (χ2v) is 15.4. The van der Waals surface area contributed by atoms with Crippen molar-refractivity contribution in [3.63, 3.8) is 0 Å². The van der Waals surface area contributed by atoms with Gasteiger partial charge in [0.1, 0.15) is 5.78 Å². The minimum atomic E-state index is -1.93. The van der Waals surface area contributed by atoms with E-state index in [2.05, 4.69) is 40.8 Å². The van der Waals surface area contributed by atoms with E-state index in [0.29, 0.717) is 26.2 Å². The molecule has 1 aromatic carbocycles. The molecule has 3 rings (SSSR count). The van der Waals surface area contributed by atoms with Gasteiger partial charge in [-0.3, -0.25) is 4.79 Å². The van der Waals surface area contributed by atoms with E-state index in [0.717, 1.165) is 5.56 Å². The van der Waals surface area contributed by atoms with Crippen molar-refractivity contribution in [1.29, 1.82) is 0 Å². The molecular formula is C23H36O4Si. The summed E-state index contributed by atoms with van der Waals surface area (Å²) in [5, 5.41) is 11.5. The van der Waals surface area contributed by atoms with Crippen molar-refractivity contribution in [2.45, 2.75) is 70.9 Å². The molecule has 0 amide bonds. The van der Waals surface area contributed by atoms with Crippen molar-refractivity contribution in [2.24, 2.45) is 17.3 Å². The van der Waals surface area contributed by atoms with Crippen LogP contribution in [-0.4, -0.2) is 38.0 Å². The molecule has 1 aromatic rings. The Bertz CT molecular complexity index is 711. The first-order chi connectivity index (χ1) is 12.9. The Kier molecular flexibility index (Phi) is 5.69. The number of ether oxygens (including phenoxy) is 1. The number of fused-ring (bicyclic) bond motifs is 2. The molecule has 4 atom stereocenters. The summed E-state index contributed by atoms with van der Waals surface area (Å²) in [5.41, 5.74) is -0.332. The quantitative estimate of drug-likeness (QED) is 0.676. The van der Waals surface area contributed by atoms with Crippen LogP contribution in [-0.2, 0) is 20.6 Å². The topological polar surface area (TPSA) is 55.8 Å². The number of aliphatic hydroxyl groups is 1. The van der Waals surface area contributed by atoms with Crippen LogP contribution in [0, 0.1) is 17.3 Å². The molecule has 0 unspecified atom stereocenters. The van der Waals surface area contributed by atoms with Gasteiger partial charge < -0.3 is 14.3 Å². The Hall–Kier alpha value is -1.01. The fourth-order valence-electron chi connectivity index (χ4n) is 4.57. The highest BCUT2D eigenvalue weighted by Crippen LogP contribution is 2.61. The molecule has 0 aliphatic heterocycles. The van der Waals surface area contributed by atoms with Crippen molar-refractivity contribution < 1.29 is 19.1 Å². The maximum atomic E-state index is 12.5. The average Bonchev–Trinajstić information content (AvgIpc) is 3.01. The number of carbonyl (C=O) groups excluding carboxylic acids is 1. The van der Waals surface area contributed by atoms with Crippen molar-refractivity contribution in [3.8, 4) is 0 Å². The third-order valence-electron chi connectivity index (χ3n) is 7.75. The predicted molar refractivity (Wildman–Crippen MR) is 114 cm³/mol. The van der Waals surface area contributed by atoms with Crippen molar-refractivity contribution in [1.82, 2.24) is 0 Å². The summed E-state index contributed by atoms with van der Waals surface area (Å²) < 4.78 is 12.6. The Balaban J connectivity index is 1.73. The van der Waals surface area contributed by atoms with Gasteiger partial charge in [0, 0.05) is 30.3 Å². The summed E-state index contributed by atoms with van der Waals surface area (Å²) in [5.74, 6) is 0.0793. The Morgan fingerprint density at radius 1 is 1.21 bits per heavy atom. The molecule has 1 N–H and O–H groups in total. The molecule has 0 radical (unpaired) electrons. The largest absolute Gasteiger partial charge is 0.417 e. The van der Waals surface area contributed by atoms with Gasteiger partial charge in [-0.05, 0) is 30.1 Å². The molecule has 0 saturated heterocycles. The van der Waals surface area contributed by atoms with Gasteiger partial charge in [-0.1, -0.05) is 58.0 Å². The SMILES string of the molecule is CC(C)(C)[Si](C)(C)OC[C@@H]1[C@@H]2C[C@@](O)(CC2=O)[C@]1(C)COCc1ccccc1. The smallest absolute Gasteiger partial charge is 0.191 e. The van der Waals surface area contributed by atoms with Gasteiger partial charge in [-0.15, -0.1) is 0 Å². The standard InChI is InChI=1S/C23H36O4Si/c1-21(2,3)28(5,6)27-15-19-18-12-23(25,13-20(18)24)22(19,4)16-26-14-17-10-8-7-9-11-17/h7-11,18-19,25H,12-16H2,1-6H3/t18-,19+,22+,23+/m0/s1. The van der Waals surface area contributed by atoms with Gasteiger partial charge in [0.05, 0.1) is 18.8 Å². The fourth-order valence-corrected chi connectivity index (χ4v) is 5.60. The van der Waals surface area contributed by atoms with Gasteiger partial charge >= 0.3 is 0 Å². The molecule has 0 spiro atoms. The Morgan fingerprint density at radius 3 is 2.46 bits per heavy atom. The second-order valence-electron chi connectivity index (χ2n) is 10.6. The number of hydrogen-bond acceptors (Lipinski definition) is 4. The number of benzene rings is 1. The number of Topliss-reactive ketones (excluding diaryl/α,β-unsaturated/α-hetero) is 1. The minimum absolute atomic E-state index is 0.00338. The van der Waals surface area contributed by atoms with Crippen LogP contribution >= 0.6 is 0 Å². The number of hydrogen-bond donors (Lipinski definition) is 1. The van der Waals surface area contributed by atoms with E-state index < -0.39 is 19.3 Å². The van der Waals surface area contributed by atoms with Crippen LogP contribution in [0.2, 0.25) is 18.1 Å². The maximum Gasteiger partial charge on any atom is 0.191 e. The Labute approximate surface area is 170 Å². The molecule has 4 nitrogen and oxygen atoms in total. The number of ketones is 1. The monoisotopic (exact) mass is 404 g/mol. The van der Waals surface area contributed by atoms with E-state index in [1.807, 2.05) is 30.3 Å². The molecule has 28 heavy (non-hydrogen) atoms. The first-order valence-corrected chi connectivity index (χ1v) is 13.3. The maximum absolute atomic E-state index is 12.5. The lowest BCUT2D eigenvalue weighted by molar-refractivity contribution is -0.150. The molecule has 2 saturated carbocycles. The third-order valence-corrected chi connectivity index (χ3v) is 12.2. The van der Waals surface area contributed by atoms with Gasteiger partial charge in [-0.2, -0.15) is 0 Å². The highest BCUT2D eigenvalue weighted by atomic mass is 28.4. The summed E-state index contributed by atoms with van der Waals surface area (Å²) in [6.45, 7) is 14.7. The minimum Gasteiger partial charge on any atom is -0.417 e.